The van der Waals surface area contributed by atoms with Crippen LogP contribution in [0.25, 0.3) is 10.9 Å². The van der Waals surface area contributed by atoms with Crippen LogP contribution in [0.4, 0.5) is 4.39 Å². The quantitative estimate of drug-likeness (QED) is 0.675. The molecule has 0 atom stereocenters. The summed E-state index contributed by atoms with van der Waals surface area (Å²) in [5, 5.41) is 9.56. The van der Waals surface area contributed by atoms with Gasteiger partial charge in [-0.3, -0.25) is 0 Å². The highest BCUT2D eigenvalue weighted by molar-refractivity contribution is 5.81. The highest BCUT2D eigenvalue weighted by Crippen LogP contribution is 2.19. The van der Waals surface area contributed by atoms with Crippen molar-refractivity contribution in [3.05, 3.63) is 35.8 Å². The van der Waals surface area contributed by atoms with Crippen LogP contribution in [-0.2, 0) is 13.5 Å². The summed E-state index contributed by atoms with van der Waals surface area (Å²) < 4.78 is 14.8. The van der Waals surface area contributed by atoms with Gasteiger partial charge in [0.25, 0.3) is 0 Å². The van der Waals surface area contributed by atoms with Crippen molar-refractivity contribution >= 4 is 10.9 Å². The maximum absolute atomic E-state index is 12.9. The van der Waals surface area contributed by atoms with E-state index in [1.807, 2.05) is 17.7 Å². The second-order valence-electron chi connectivity index (χ2n) is 3.23. The Morgan fingerprint density at radius 2 is 2.21 bits per heavy atom. The fourth-order valence-corrected chi connectivity index (χ4v) is 1.61. The zero-order valence-electron chi connectivity index (χ0n) is 7.79. The van der Waals surface area contributed by atoms with E-state index in [-0.39, 0.29) is 5.82 Å². The molecular weight excluding hydrogens is 179 g/mol. The SMILES string of the molecule is Cn1c(CC#N)cc2ccc(F)cc21. The van der Waals surface area contributed by atoms with E-state index in [4.69, 9.17) is 5.26 Å². The molecule has 0 amide bonds. The highest BCUT2D eigenvalue weighted by atomic mass is 19.1. The molecule has 0 unspecified atom stereocenters. The van der Waals surface area contributed by atoms with Crippen molar-refractivity contribution in [3.63, 3.8) is 0 Å². The molecule has 0 aliphatic rings. The van der Waals surface area contributed by atoms with E-state index < -0.39 is 0 Å². The first kappa shape index (κ1) is 8.76. The number of rotatable bonds is 1. The van der Waals surface area contributed by atoms with Gasteiger partial charge in [0.05, 0.1) is 18.0 Å². The fraction of sp³-hybridized carbons (Fsp3) is 0.182. The van der Waals surface area contributed by atoms with Gasteiger partial charge in [-0.1, -0.05) is 0 Å². The average Bonchev–Trinajstić information content (AvgIpc) is 2.46. The van der Waals surface area contributed by atoms with Gasteiger partial charge in [-0.25, -0.2) is 4.39 Å². The van der Waals surface area contributed by atoms with Gasteiger partial charge in [0.15, 0.2) is 0 Å². The third kappa shape index (κ3) is 1.25. The molecule has 0 saturated carbocycles. The van der Waals surface area contributed by atoms with Crippen molar-refractivity contribution in [3.8, 4) is 6.07 Å². The number of nitriles is 1. The van der Waals surface area contributed by atoms with Crippen molar-refractivity contribution in [2.24, 2.45) is 7.05 Å². The Labute approximate surface area is 81.2 Å². The smallest absolute Gasteiger partial charge is 0.125 e. The van der Waals surface area contributed by atoms with Crippen molar-refractivity contribution < 1.29 is 4.39 Å². The normalized spacial score (nSPS) is 10.4. The van der Waals surface area contributed by atoms with Crippen LogP contribution in [0.3, 0.4) is 0 Å². The summed E-state index contributed by atoms with van der Waals surface area (Å²) in [5.74, 6) is -0.248. The number of fused-ring (bicyclic) bond motifs is 1. The predicted octanol–water partition coefficient (Wildman–Crippen LogP) is 2.38. The van der Waals surface area contributed by atoms with E-state index in [1.54, 1.807) is 6.07 Å². The van der Waals surface area contributed by atoms with Gasteiger partial charge in [-0.2, -0.15) is 5.26 Å². The first-order valence-corrected chi connectivity index (χ1v) is 4.33. The molecule has 0 radical (unpaired) electrons. The molecule has 3 heteroatoms. The van der Waals surface area contributed by atoms with E-state index in [0.29, 0.717) is 6.42 Å². The summed E-state index contributed by atoms with van der Waals surface area (Å²) in [5.41, 5.74) is 1.74. The van der Waals surface area contributed by atoms with Crippen LogP contribution >= 0.6 is 0 Å². The zero-order valence-corrected chi connectivity index (χ0v) is 7.79. The van der Waals surface area contributed by atoms with Crippen LogP contribution < -0.4 is 0 Å². The Hall–Kier alpha value is -1.82. The Morgan fingerprint density at radius 3 is 2.93 bits per heavy atom. The molecule has 70 valence electrons. The van der Waals surface area contributed by atoms with Gasteiger partial charge in [0, 0.05) is 18.1 Å². The molecule has 0 aliphatic carbocycles. The maximum Gasteiger partial charge on any atom is 0.125 e. The lowest BCUT2D eigenvalue weighted by Gasteiger charge is -1.99. The molecule has 1 aromatic carbocycles. The molecule has 2 rings (SSSR count). The summed E-state index contributed by atoms with van der Waals surface area (Å²) in [7, 11) is 1.84. The first-order chi connectivity index (χ1) is 6.72. The Balaban J connectivity index is 2.69. The number of hydrogen-bond acceptors (Lipinski definition) is 1. The second kappa shape index (κ2) is 3.15. The number of benzene rings is 1. The van der Waals surface area contributed by atoms with Gasteiger partial charge in [0.2, 0.25) is 0 Å². The molecule has 2 nitrogen and oxygen atoms in total. The minimum atomic E-state index is -0.248. The molecule has 2 aromatic rings. The molecule has 1 heterocycles. The van der Waals surface area contributed by atoms with Crippen LogP contribution in [0.15, 0.2) is 24.3 Å². The molecule has 0 N–H and O–H groups in total. The number of hydrogen-bond donors (Lipinski definition) is 0. The van der Waals surface area contributed by atoms with E-state index in [1.165, 1.54) is 12.1 Å². The number of aryl methyl sites for hydroxylation is 1. The monoisotopic (exact) mass is 188 g/mol. The van der Waals surface area contributed by atoms with E-state index >= 15 is 0 Å². The summed E-state index contributed by atoms with van der Waals surface area (Å²) in [6, 6.07) is 8.64. The fourth-order valence-electron chi connectivity index (χ4n) is 1.61. The lowest BCUT2D eigenvalue weighted by atomic mass is 10.2. The Bertz CT molecular complexity index is 520. The minimum Gasteiger partial charge on any atom is -0.347 e. The largest absolute Gasteiger partial charge is 0.347 e. The lowest BCUT2D eigenvalue weighted by Crippen LogP contribution is -1.94. The van der Waals surface area contributed by atoms with E-state index in [2.05, 4.69) is 6.07 Å². The van der Waals surface area contributed by atoms with Gasteiger partial charge in [-0.05, 0) is 24.3 Å². The Morgan fingerprint density at radius 1 is 1.43 bits per heavy atom. The molecule has 0 saturated heterocycles. The zero-order chi connectivity index (χ0) is 10.1. The van der Waals surface area contributed by atoms with Gasteiger partial charge in [-0.15, -0.1) is 0 Å². The van der Waals surface area contributed by atoms with Crippen LogP contribution in [-0.4, -0.2) is 4.57 Å². The summed E-state index contributed by atoms with van der Waals surface area (Å²) in [6.07, 6.45) is 0.354. The third-order valence-electron chi connectivity index (χ3n) is 2.37. The molecular formula is C11H9FN2. The summed E-state index contributed by atoms with van der Waals surface area (Å²) in [6.45, 7) is 0. The highest BCUT2D eigenvalue weighted by Gasteiger charge is 2.05. The molecule has 14 heavy (non-hydrogen) atoms. The van der Waals surface area contributed by atoms with Crippen LogP contribution in [0, 0.1) is 17.1 Å². The third-order valence-corrected chi connectivity index (χ3v) is 2.37. The van der Waals surface area contributed by atoms with Gasteiger partial charge < -0.3 is 4.57 Å². The number of halogens is 1. The average molecular weight is 188 g/mol. The molecule has 0 spiro atoms. The standard InChI is InChI=1S/C11H9FN2/c1-14-10(4-5-13)6-8-2-3-9(12)7-11(8)14/h2-3,6-7H,4H2,1H3. The summed E-state index contributed by atoms with van der Waals surface area (Å²) >= 11 is 0. The van der Waals surface area contributed by atoms with Crippen LogP contribution in [0.2, 0.25) is 0 Å². The number of aromatic nitrogens is 1. The Kier molecular flexibility index (Phi) is 1.97. The maximum atomic E-state index is 12.9. The van der Waals surface area contributed by atoms with Gasteiger partial charge >= 0.3 is 0 Å². The molecule has 0 bridgehead atoms. The van der Waals surface area contributed by atoms with Crippen LogP contribution in [0.1, 0.15) is 5.69 Å². The van der Waals surface area contributed by atoms with Crippen molar-refractivity contribution in [2.75, 3.05) is 0 Å². The number of nitrogens with zero attached hydrogens (tertiary/aromatic N) is 2. The molecule has 1 aromatic heterocycles. The van der Waals surface area contributed by atoms with Crippen molar-refractivity contribution in [2.45, 2.75) is 6.42 Å². The second-order valence-corrected chi connectivity index (χ2v) is 3.23. The van der Waals surface area contributed by atoms with E-state index in [9.17, 15) is 4.39 Å². The predicted molar refractivity (Wildman–Crippen MR) is 52.2 cm³/mol. The lowest BCUT2D eigenvalue weighted by molar-refractivity contribution is 0.628. The first-order valence-electron chi connectivity index (χ1n) is 4.33. The molecule has 0 aliphatic heterocycles. The van der Waals surface area contributed by atoms with E-state index in [0.717, 1.165) is 16.6 Å². The minimum absolute atomic E-state index is 0.248. The summed E-state index contributed by atoms with van der Waals surface area (Å²) in [4.78, 5) is 0. The van der Waals surface area contributed by atoms with Crippen molar-refractivity contribution in [1.82, 2.24) is 4.57 Å². The topological polar surface area (TPSA) is 28.7 Å². The van der Waals surface area contributed by atoms with Crippen molar-refractivity contribution in [1.29, 1.82) is 5.26 Å². The molecule has 0 fully saturated rings. The van der Waals surface area contributed by atoms with Gasteiger partial charge in [0.1, 0.15) is 5.82 Å². The van der Waals surface area contributed by atoms with Crippen LogP contribution in [0.5, 0.6) is 0 Å².